The Labute approximate surface area is 133 Å². The van der Waals surface area contributed by atoms with Gasteiger partial charge in [-0.05, 0) is 29.5 Å². The number of benzene rings is 1. The number of rotatable bonds is 7. The molecule has 2 amide bonds. The van der Waals surface area contributed by atoms with Crippen LogP contribution < -0.4 is 15.4 Å². The summed E-state index contributed by atoms with van der Waals surface area (Å²) in [6.07, 6.45) is 0.675. The van der Waals surface area contributed by atoms with Gasteiger partial charge < -0.3 is 15.4 Å². The molecule has 5 nitrogen and oxygen atoms in total. The number of carbonyl (C=O) groups is 2. The largest absolute Gasteiger partial charge is 0.496 e. The van der Waals surface area contributed by atoms with E-state index in [9.17, 15) is 9.59 Å². The molecule has 6 heteroatoms. The van der Waals surface area contributed by atoms with Crippen LogP contribution in [-0.4, -0.2) is 32.0 Å². The molecule has 0 aliphatic heterocycles. The Morgan fingerprint density at radius 1 is 1.14 bits per heavy atom. The normalized spacial score (nSPS) is 10.0. The lowest BCUT2D eigenvalue weighted by Gasteiger charge is -2.09. The zero-order chi connectivity index (χ0) is 15.8. The summed E-state index contributed by atoms with van der Waals surface area (Å²) < 4.78 is 5.25. The Bertz CT molecular complexity index is 626. The number of hydrogen-bond acceptors (Lipinski definition) is 4. The highest BCUT2D eigenvalue weighted by molar-refractivity contribution is 7.12. The molecule has 1 aromatic carbocycles. The number of hydrogen-bond donors (Lipinski definition) is 2. The van der Waals surface area contributed by atoms with Crippen molar-refractivity contribution in [3.8, 4) is 5.75 Å². The third kappa shape index (κ3) is 4.60. The van der Waals surface area contributed by atoms with E-state index in [1.54, 1.807) is 19.2 Å². The second-order valence-corrected chi connectivity index (χ2v) is 5.52. The van der Waals surface area contributed by atoms with Gasteiger partial charge in [-0.3, -0.25) is 9.59 Å². The summed E-state index contributed by atoms with van der Waals surface area (Å²) in [5.41, 5.74) is 1.04. The lowest BCUT2D eigenvalue weighted by molar-refractivity contribution is -0.120. The molecule has 22 heavy (non-hydrogen) atoms. The molecular weight excluding hydrogens is 300 g/mol. The first kappa shape index (κ1) is 16.0. The van der Waals surface area contributed by atoms with Crippen LogP contribution in [0, 0.1) is 0 Å². The second-order valence-electron chi connectivity index (χ2n) is 4.57. The van der Waals surface area contributed by atoms with E-state index < -0.39 is 0 Å². The zero-order valence-electron chi connectivity index (χ0n) is 12.3. The van der Waals surface area contributed by atoms with Crippen LogP contribution in [0.3, 0.4) is 0 Å². The summed E-state index contributed by atoms with van der Waals surface area (Å²) in [5.74, 6) is 0.373. The molecular formula is C16H18N2O3S. The van der Waals surface area contributed by atoms with Crippen LogP contribution in [-0.2, 0) is 11.2 Å². The fraction of sp³-hybridized carbons (Fsp3) is 0.250. The fourth-order valence-electron chi connectivity index (χ4n) is 1.96. The van der Waals surface area contributed by atoms with Crippen molar-refractivity contribution in [3.05, 3.63) is 52.2 Å². The lowest BCUT2D eigenvalue weighted by Crippen LogP contribution is -2.37. The first-order chi connectivity index (χ1) is 10.7. The van der Waals surface area contributed by atoms with E-state index in [1.807, 2.05) is 29.6 Å². The van der Waals surface area contributed by atoms with Crippen LogP contribution >= 0.6 is 11.3 Å². The van der Waals surface area contributed by atoms with Crippen molar-refractivity contribution in [2.75, 3.05) is 20.2 Å². The van der Waals surface area contributed by atoms with Crippen molar-refractivity contribution in [1.29, 1.82) is 0 Å². The van der Waals surface area contributed by atoms with Crippen molar-refractivity contribution >= 4 is 23.2 Å². The van der Waals surface area contributed by atoms with Crippen molar-refractivity contribution in [1.82, 2.24) is 10.6 Å². The maximum absolute atomic E-state index is 11.7. The molecule has 0 aliphatic rings. The maximum Gasteiger partial charge on any atom is 0.261 e. The van der Waals surface area contributed by atoms with Gasteiger partial charge in [0.2, 0.25) is 5.91 Å². The van der Waals surface area contributed by atoms with Gasteiger partial charge in [0.05, 0.1) is 18.5 Å². The second kappa shape index (κ2) is 8.19. The Balaban J connectivity index is 1.71. The SMILES string of the molecule is COc1ccccc1CCNC(=O)CNC(=O)c1cccs1. The average molecular weight is 318 g/mol. The van der Waals surface area contributed by atoms with Crippen LogP contribution in [0.1, 0.15) is 15.2 Å². The molecule has 2 aromatic rings. The van der Waals surface area contributed by atoms with Crippen molar-refractivity contribution in [2.24, 2.45) is 0 Å². The molecule has 0 atom stereocenters. The Kier molecular flexibility index (Phi) is 5.97. The first-order valence-corrected chi connectivity index (χ1v) is 7.79. The van der Waals surface area contributed by atoms with Gasteiger partial charge in [0, 0.05) is 6.54 Å². The third-order valence-corrected chi connectivity index (χ3v) is 3.93. The van der Waals surface area contributed by atoms with Gasteiger partial charge in [-0.1, -0.05) is 24.3 Å². The Hall–Kier alpha value is -2.34. The van der Waals surface area contributed by atoms with Crippen LogP contribution in [0.2, 0.25) is 0 Å². The average Bonchev–Trinajstić information content (AvgIpc) is 3.07. The molecule has 0 spiro atoms. The molecule has 0 aliphatic carbocycles. The van der Waals surface area contributed by atoms with Gasteiger partial charge in [-0.25, -0.2) is 0 Å². The molecule has 0 fully saturated rings. The van der Waals surface area contributed by atoms with E-state index in [-0.39, 0.29) is 18.4 Å². The summed E-state index contributed by atoms with van der Waals surface area (Å²) in [6, 6.07) is 11.2. The summed E-state index contributed by atoms with van der Waals surface area (Å²) in [6.45, 7) is 0.469. The maximum atomic E-state index is 11.7. The highest BCUT2D eigenvalue weighted by Gasteiger charge is 2.08. The van der Waals surface area contributed by atoms with Gasteiger partial charge in [0.1, 0.15) is 5.75 Å². The van der Waals surface area contributed by atoms with E-state index >= 15 is 0 Å². The minimum absolute atomic E-state index is 0.0251. The molecule has 0 bridgehead atoms. The molecule has 2 N–H and O–H groups in total. The molecule has 0 radical (unpaired) electrons. The van der Waals surface area contributed by atoms with Gasteiger partial charge in [0.15, 0.2) is 0 Å². The zero-order valence-corrected chi connectivity index (χ0v) is 13.1. The number of thiophene rings is 1. The van der Waals surface area contributed by atoms with Gasteiger partial charge in [-0.15, -0.1) is 11.3 Å². The number of ether oxygens (including phenoxy) is 1. The van der Waals surface area contributed by atoms with Gasteiger partial charge >= 0.3 is 0 Å². The topological polar surface area (TPSA) is 67.4 Å². The summed E-state index contributed by atoms with van der Waals surface area (Å²) >= 11 is 1.34. The van der Waals surface area contributed by atoms with Crippen LogP contribution in [0.15, 0.2) is 41.8 Å². The quantitative estimate of drug-likeness (QED) is 0.818. The minimum Gasteiger partial charge on any atom is -0.496 e. The van der Waals surface area contributed by atoms with Crippen LogP contribution in [0.5, 0.6) is 5.75 Å². The molecule has 2 rings (SSSR count). The number of carbonyl (C=O) groups excluding carboxylic acids is 2. The van der Waals surface area contributed by atoms with E-state index in [0.29, 0.717) is 17.8 Å². The monoisotopic (exact) mass is 318 g/mol. The predicted molar refractivity (Wildman–Crippen MR) is 86.4 cm³/mol. The van der Waals surface area contributed by atoms with Crippen molar-refractivity contribution in [3.63, 3.8) is 0 Å². The van der Waals surface area contributed by atoms with Gasteiger partial charge in [-0.2, -0.15) is 0 Å². The van der Waals surface area contributed by atoms with E-state index in [0.717, 1.165) is 11.3 Å². The first-order valence-electron chi connectivity index (χ1n) is 6.91. The van der Waals surface area contributed by atoms with E-state index in [1.165, 1.54) is 11.3 Å². The Morgan fingerprint density at radius 3 is 2.68 bits per heavy atom. The standard InChI is InChI=1S/C16H18N2O3S/c1-21-13-6-3-2-5-12(13)8-9-17-15(19)11-18-16(20)14-7-4-10-22-14/h2-7,10H,8-9,11H2,1H3,(H,17,19)(H,18,20). The van der Waals surface area contributed by atoms with Crippen LogP contribution in [0.4, 0.5) is 0 Å². The van der Waals surface area contributed by atoms with Crippen LogP contribution in [0.25, 0.3) is 0 Å². The molecule has 0 saturated carbocycles. The summed E-state index contributed by atoms with van der Waals surface area (Å²) in [5, 5.41) is 7.19. The highest BCUT2D eigenvalue weighted by atomic mass is 32.1. The number of nitrogens with one attached hydrogen (secondary N) is 2. The minimum atomic E-state index is -0.227. The fourth-order valence-corrected chi connectivity index (χ4v) is 2.60. The Morgan fingerprint density at radius 2 is 1.95 bits per heavy atom. The number of methoxy groups -OCH3 is 1. The molecule has 0 saturated heterocycles. The van der Waals surface area contributed by atoms with Gasteiger partial charge in [0.25, 0.3) is 5.91 Å². The number of amides is 2. The molecule has 0 unspecified atom stereocenters. The smallest absolute Gasteiger partial charge is 0.261 e. The lowest BCUT2D eigenvalue weighted by atomic mass is 10.1. The molecule has 1 aromatic heterocycles. The van der Waals surface area contributed by atoms with E-state index in [4.69, 9.17) is 4.74 Å². The predicted octanol–water partition coefficient (Wildman–Crippen LogP) is 1.85. The van der Waals surface area contributed by atoms with Crippen molar-refractivity contribution in [2.45, 2.75) is 6.42 Å². The van der Waals surface area contributed by atoms with Crippen molar-refractivity contribution < 1.29 is 14.3 Å². The number of para-hydroxylation sites is 1. The molecule has 116 valence electrons. The summed E-state index contributed by atoms with van der Waals surface area (Å²) in [7, 11) is 1.62. The third-order valence-electron chi connectivity index (χ3n) is 3.06. The molecule has 1 heterocycles. The highest BCUT2D eigenvalue weighted by Crippen LogP contribution is 2.17. The summed E-state index contributed by atoms with van der Waals surface area (Å²) in [4.78, 5) is 24.0. The van der Waals surface area contributed by atoms with E-state index in [2.05, 4.69) is 10.6 Å².